The monoisotopic (exact) mass is 291 g/mol. The van der Waals surface area contributed by atoms with E-state index in [2.05, 4.69) is 29.0 Å². The van der Waals surface area contributed by atoms with E-state index >= 15 is 0 Å². The van der Waals surface area contributed by atoms with Gasteiger partial charge in [-0.05, 0) is 13.8 Å². The number of ether oxygens (including phenoxy) is 1. The van der Waals surface area contributed by atoms with Crippen LogP contribution < -0.4 is 5.32 Å². The first kappa shape index (κ1) is 15.9. The molecule has 1 aromatic rings. The summed E-state index contributed by atoms with van der Waals surface area (Å²) in [6.07, 6.45) is 1.93. The highest BCUT2D eigenvalue weighted by Gasteiger charge is 2.22. The quantitative estimate of drug-likeness (QED) is 0.919. The van der Waals surface area contributed by atoms with Crippen molar-refractivity contribution in [1.82, 2.24) is 15.2 Å². The van der Waals surface area contributed by atoms with E-state index in [1.165, 1.54) is 9.88 Å². The van der Waals surface area contributed by atoms with Crippen molar-refractivity contribution in [2.75, 3.05) is 20.2 Å². The Morgan fingerprint density at radius 3 is 3.06 bits per heavy atom. The lowest BCUT2D eigenvalue weighted by Crippen LogP contribution is -2.53. The fraction of sp³-hybridized carbons (Fsp3) is 0.750. The van der Waals surface area contributed by atoms with E-state index in [4.69, 9.17) is 4.74 Å². The standard InChI is InChI=1S/C12H21N3OS.ClH/c1-9-6-15(10(2)4-13-9)7-12-14-5-11(17-12)8-16-3;/h5,9-10,13H,4,6-8H2,1-3H3;1H. The van der Waals surface area contributed by atoms with Crippen LogP contribution in [0, 0.1) is 0 Å². The second kappa shape index (κ2) is 7.40. The first-order chi connectivity index (χ1) is 8.19. The number of rotatable bonds is 4. The first-order valence-electron chi connectivity index (χ1n) is 6.09. The van der Waals surface area contributed by atoms with Crippen molar-refractivity contribution in [3.05, 3.63) is 16.1 Å². The Bertz CT molecular complexity index is 361. The molecule has 1 fully saturated rings. The molecule has 2 rings (SSSR count). The molecule has 0 aromatic carbocycles. The molecule has 1 aliphatic heterocycles. The number of thiazole rings is 1. The van der Waals surface area contributed by atoms with Crippen LogP contribution in [-0.4, -0.2) is 42.2 Å². The second-order valence-corrected chi connectivity index (χ2v) is 5.94. The number of halogens is 1. The third-order valence-electron chi connectivity index (χ3n) is 3.12. The van der Waals surface area contributed by atoms with E-state index in [-0.39, 0.29) is 12.4 Å². The molecule has 2 atom stereocenters. The van der Waals surface area contributed by atoms with Gasteiger partial charge in [-0.15, -0.1) is 23.7 Å². The number of methoxy groups -OCH3 is 1. The number of nitrogens with zero attached hydrogens (tertiary/aromatic N) is 2. The molecular formula is C12H22ClN3OS. The van der Waals surface area contributed by atoms with Crippen molar-refractivity contribution in [3.8, 4) is 0 Å². The molecule has 1 saturated heterocycles. The Balaban J connectivity index is 0.00000162. The molecule has 1 N–H and O–H groups in total. The molecule has 0 amide bonds. The van der Waals surface area contributed by atoms with Crippen LogP contribution in [0.4, 0.5) is 0 Å². The third kappa shape index (κ3) is 4.17. The maximum Gasteiger partial charge on any atom is 0.107 e. The Hall–Kier alpha value is -0.200. The molecule has 2 unspecified atom stereocenters. The van der Waals surface area contributed by atoms with Crippen LogP contribution >= 0.6 is 23.7 Å². The summed E-state index contributed by atoms with van der Waals surface area (Å²) in [7, 11) is 1.72. The lowest BCUT2D eigenvalue weighted by Gasteiger charge is -2.36. The van der Waals surface area contributed by atoms with E-state index in [0.29, 0.717) is 18.7 Å². The van der Waals surface area contributed by atoms with Gasteiger partial charge in [0.1, 0.15) is 5.01 Å². The van der Waals surface area contributed by atoms with Crippen LogP contribution in [0.15, 0.2) is 6.20 Å². The molecule has 0 bridgehead atoms. The Kier molecular flexibility index (Phi) is 6.52. The molecule has 6 heteroatoms. The van der Waals surface area contributed by atoms with Crippen LogP contribution in [0.1, 0.15) is 23.7 Å². The van der Waals surface area contributed by atoms with Gasteiger partial charge in [0.15, 0.2) is 0 Å². The van der Waals surface area contributed by atoms with E-state index in [0.717, 1.165) is 19.6 Å². The smallest absolute Gasteiger partial charge is 0.107 e. The predicted molar refractivity (Wildman–Crippen MR) is 77.4 cm³/mol. The molecule has 1 aliphatic rings. The van der Waals surface area contributed by atoms with Crippen molar-refractivity contribution in [2.45, 2.75) is 39.1 Å². The van der Waals surface area contributed by atoms with E-state index in [1.54, 1.807) is 18.4 Å². The topological polar surface area (TPSA) is 37.4 Å². The fourth-order valence-corrected chi connectivity index (χ4v) is 3.04. The largest absolute Gasteiger partial charge is 0.379 e. The lowest BCUT2D eigenvalue weighted by atomic mass is 10.1. The molecule has 0 spiro atoms. The summed E-state index contributed by atoms with van der Waals surface area (Å²) in [4.78, 5) is 8.17. The van der Waals surface area contributed by atoms with Crippen LogP contribution in [0.25, 0.3) is 0 Å². The third-order valence-corrected chi connectivity index (χ3v) is 4.08. The molecule has 0 aliphatic carbocycles. The zero-order valence-corrected chi connectivity index (χ0v) is 12.8. The van der Waals surface area contributed by atoms with E-state index < -0.39 is 0 Å². The number of hydrogen-bond acceptors (Lipinski definition) is 5. The maximum absolute atomic E-state index is 5.12. The lowest BCUT2D eigenvalue weighted by molar-refractivity contribution is 0.138. The van der Waals surface area contributed by atoms with Gasteiger partial charge in [0, 0.05) is 38.5 Å². The summed E-state index contributed by atoms with van der Waals surface area (Å²) in [6.45, 7) is 8.30. The minimum atomic E-state index is 0. The SMILES string of the molecule is COCc1cnc(CN2CC(C)NCC2C)s1.Cl. The van der Waals surface area contributed by atoms with Gasteiger partial charge >= 0.3 is 0 Å². The average Bonchev–Trinajstić information content (AvgIpc) is 2.72. The zero-order chi connectivity index (χ0) is 12.3. The van der Waals surface area contributed by atoms with Gasteiger partial charge in [-0.25, -0.2) is 4.98 Å². The number of aromatic nitrogens is 1. The zero-order valence-electron chi connectivity index (χ0n) is 11.2. The molecule has 0 radical (unpaired) electrons. The number of nitrogens with one attached hydrogen (secondary N) is 1. The van der Waals surface area contributed by atoms with Gasteiger partial charge in [0.25, 0.3) is 0 Å². The van der Waals surface area contributed by atoms with Crippen LogP contribution in [0.3, 0.4) is 0 Å². The molecular weight excluding hydrogens is 270 g/mol. The van der Waals surface area contributed by atoms with Gasteiger partial charge < -0.3 is 10.1 Å². The number of piperazine rings is 1. The van der Waals surface area contributed by atoms with Crippen LogP contribution in [-0.2, 0) is 17.9 Å². The highest BCUT2D eigenvalue weighted by molar-refractivity contribution is 7.11. The normalized spacial score (nSPS) is 24.8. The molecule has 2 heterocycles. The van der Waals surface area contributed by atoms with Crippen molar-refractivity contribution < 1.29 is 4.74 Å². The summed E-state index contributed by atoms with van der Waals surface area (Å²) in [6, 6.07) is 1.16. The first-order valence-corrected chi connectivity index (χ1v) is 6.90. The van der Waals surface area contributed by atoms with Crippen molar-refractivity contribution in [1.29, 1.82) is 0 Å². The summed E-state index contributed by atoms with van der Waals surface area (Å²) >= 11 is 1.76. The van der Waals surface area contributed by atoms with Crippen LogP contribution in [0.5, 0.6) is 0 Å². The highest BCUT2D eigenvalue weighted by Crippen LogP contribution is 2.18. The average molecular weight is 292 g/mol. The summed E-state index contributed by atoms with van der Waals surface area (Å²) in [5.74, 6) is 0. The van der Waals surface area contributed by atoms with E-state index in [9.17, 15) is 0 Å². The minimum Gasteiger partial charge on any atom is -0.379 e. The fourth-order valence-electron chi connectivity index (χ4n) is 2.12. The Labute approximate surface area is 119 Å². The van der Waals surface area contributed by atoms with E-state index in [1.807, 2.05) is 6.20 Å². The number of hydrogen-bond donors (Lipinski definition) is 1. The molecule has 1 aromatic heterocycles. The van der Waals surface area contributed by atoms with Gasteiger partial charge in [0.05, 0.1) is 18.0 Å². The van der Waals surface area contributed by atoms with Gasteiger partial charge in [-0.1, -0.05) is 0 Å². The molecule has 104 valence electrons. The van der Waals surface area contributed by atoms with Crippen molar-refractivity contribution in [3.63, 3.8) is 0 Å². The Morgan fingerprint density at radius 1 is 1.56 bits per heavy atom. The highest BCUT2D eigenvalue weighted by atomic mass is 35.5. The second-order valence-electron chi connectivity index (χ2n) is 4.74. The Morgan fingerprint density at radius 2 is 2.33 bits per heavy atom. The molecule has 4 nitrogen and oxygen atoms in total. The maximum atomic E-state index is 5.12. The van der Waals surface area contributed by atoms with Gasteiger partial charge in [-0.3, -0.25) is 4.90 Å². The molecule has 18 heavy (non-hydrogen) atoms. The van der Waals surface area contributed by atoms with Crippen molar-refractivity contribution in [2.24, 2.45) is 0 Å². The van der Waals surface area contributed by atoms with Crippen LogP contribution in [0.2, 0.25) is 0 Å². The predicted octanol–water partition coefficient (Wildman–Crippen LogP) is 1.89. The summed E-state index contributed by atoms with van der Waals surface area (Å²) in [5.41, 5.74) is 0. The summed E-state index contributed by atoms with van der Waals surface area (Å²) in [5, 5.41) is 4.69. The van der Waals surface area contributed by atoms with Crippen molar-refractivity contribution >= 4 is 23.7 Å². The van der Waals surface area contributed by atoms with Gasteiger partial charge in [-0.2, -0.15) is 0 Å². The minimum absolute atomic E-state index is 0. The summed E-state index contributed by atoms with van der Waals surface area (Å²) < 4.78 is 5.12. The van der Waals surface area contributed by atoms with Gasteiger partial charge in [0.2, 0.25) is 0 Å². The molecule has 0 saturated carbocycles.